The van der Waals surface area contributed by atoms with Crippen LogP contribution < -0.4 is 4.74 Å². The van der Waals surface area contributed by atoms with Crippen LogP contribution in [0.1, 0.15) is 53.4 Å². The van der Waals surface area contributed by atoms with Gasteiger partial charge < -0.3 is 9.47 Å². The summed E-state index contributed by atoms with van der Waals surface area (Å²) in [5.74, 6) is 0.661. The van der Waals surface area contributed by atoms with Crippen molar-refractivity contribution in [3.05, 3.63) is 94.5 Å². The quantitative estimate of drug-likeness (QED) is 0.144. The first-order chi connectivity index (χ1) is 19.1. The molecule has 0 spiro atoms. The minimum Gasteiger partial charge on any atom is -0.476 e. The molecule has 3 aromatic rings. The van der Waals surface area contributed by atoms with Crippen LogP contribution in [0.25, 0.3) is 0 Å². The zero-order chi connectivity index (χ0) is 28.9. The molecule has 2 atom stereocenters. The lowest BCUT2D eigenvalue weighted by atomic mass is 9.84. The standard InChI is InChI=1S/C34H41NO4S/c1-7-38-33(37)34(4,5)39-32-23(2)17-26(18-24(32)3)19-28-21-35(20-25-11-9-8-10-12-25)22-30(28)31(36)27-13-15-29(40-6)16-14-27/h8-18,28,30H,7,19-22H2,1-6H3/t28-,30?/m1/s1. The van der Waals surface area contributed by atoms with Crippen molar-refractivity contribution in [2.75, 3.05) is 26.0 Å². The summed E-state index contributed by atoms with van der Waals surface area (Å²) in [5.41, 5.74) is 4.09. The molecule has 1 saturated heterocycles. The number of likely N-dealkylation sites (tertiary alicyclic amines) is 1. The van der Waals surface area contributed by atoms with E-state index in [4.69, 9.17) is 9.47 Å². The summed E-state index contributed by atoms with van der Waals surface area (Å²) < 4.78 is 11.4. The van der Waals surface area contributed by atoms with Crippen LogP contribution in [0, 0.1) is 25.7 Å². The summed E-state index contributed by atoms with van der Waals surface area (Å²) in [7, 11) is 0. The first-order valence-corrected chi connectivity index (χ1v) is 15.2. The summed E-state index contributed by atoms with van der Waals surface area (Å²) >= 11 is 1.68. The summed E-state index contributed by atoms with van der Waals surface area (Å²) in [5, 5.41) is 0. The molecule has 212 valence electrons. The number of thioether (sulfide) groups is 1. The zero-order valence-electron chi connectivity index (χ0n) is 24.5. The highest BCUT2D eigenvalue weighted by Crippen LogP contribution is 2.34. The Morgan fingerprint density at radius 1 is 0.950 bits per heavy atom. The van der Waals surface area contributed by atoms with Gasteiger partial charge in [0.25, 0.3) is 0 Å². The molecule has 1 aliphatic heterocycles. The van der Waals surface area contributed by atoms with Gasteiger partial charge in [0, 0.05) is 36.0 Å². The van der Waals surface area contributed by atoms with Crippen LogP contribution in [0.4, 0.5) is 0 Å². The number of rotatable bonds is 11. The molecule has 1 unspecified atom stereocenters. The van der Waals surface area contributed by atoms with Crippen molar-refractivity contribution in [3.8, 4) is 5.75 Å². The molecule has 1 fully saturated rings. The third-order valence-corrected chi connectivity index (χ3v) is 8.36. The second kappa shape index (κ2) is 13.0. The lowest BCUT2D eigenvalue weighted by molar-refractivity contribution is -0.158. The Hall–Kier alpha value is -3.09. The fourth-order valence-electron chi connectivity index (χ4n) is 5.63. The minimum absolute atomic E-state index is 0.0804. The van der Waals surface area contributed by atoms with Crippen molar-refractivity contribution >= 4 is 23.5 Å². The van der Waals surface area contributed by atoms with Gasteiger partial charge in [0.2, 0.25) is 0 Å². The van der Waals surface area contributed by atoms with Gasteiger partial charge in [-0.1, -0.05) is 54.6 Å². The number of hydrogen-bond donors (Lipinski definition) is 0. The van der Waals surface area contributed by atoms with Crippen molar-refractivity contribution in [1.29, 1.82) is 0 Å². The van der Waals surface area contributed by atoms with E-state index in [9.17, 15) is 9.59 Å². The van der Waals surface area contributed by atoms with E-state index < -0.39 is 5.60 Å². The van der Waals surface area contributed by atoms with Crippen molar-refractivity contribution in [2.24, 2.45) is 11.8 Å². The molecular weight excluding hydrogens is 518 g/mol. The largest absolute Gasteiger partial charge is 0.476 e. The third-order valence-electron chi connectivity index (χ3n) is 7.62. The zero-order valence-corrected chi connectivity index (χ0v) is 25.3. The number of hydrogen-bond acceptors (Lipinski definition) is 6. The molecule has 0 amide bonds. The minimum atomic E-state index is -1.08. The number of nitrogens with zero attached hydrogens (tertiary/aromatic N) is 1. The molecule has 6 heteroatoms. The van der Waals surface area contributed by atoms with E-state index >= 15 is 0 Å². The monoisotopic (exact) mass is 559 g/mol. The fourth-order valence-corrected chi connectivity index (χ4v) is 6.04. The smallest absolute Gasteiger partial charge is 0.349 e. The van der Waals surface area contributed by atoms with Crippen LogP contribution in [-0.2, 0) is 22.5 Å². The van der Waals surface area contributed by atoms with Crippen molar-refractivity contribution in [2.45, 2.75) is 58.1 Å². The lowest BCUT2D eigenvalue weighted by Gasteiger charge is -2.27. The number of ketones is 1. The Balaban J connectivity index is 1.56. The Morgan fingerprint density at radius 3 is 2.20 bits per heavy atom. The van der Waals surface area contributed by atoms with Gasteiger partial charge in [-0.3, -0.25) is 9.69 Å². The summed E-state index contributed by atoms with van der Waals surface area (Å²) in [6.07, 6.45) is 2.84. The number of benzene rings is 3. The van der Waals surface area contributed by atoms with Crippen LogP contribution in [0.5, 0.6) is 5.75 Å². The van der Waals surface area contributed by atoms with Crippen LogP contribution in [0.3, 0.4) is 0 Å². The molecule has 0 bridgehead atoms. The van der Waals surface area contributed by atoms with Gasteiger partial charge in [-0.05, 0) is 87.6 Å². The van der Waals surface area contributed by atoms with Crippen molar-refractivity contribution in [1.82, 2.24) is 4.90 Å². The number of esters is 1. The third kappa shape index (κ3) is 7.15. The molecule has 3 aromatic carbocycles. The van der Waals surface area contributed by atoms with E-state index in [2.05, 4.69) is 41.3 Å². The van der Waals surface area contributed by atoms with Gasteiger partial charge in [-0.25, -0.2) is 4.79 Å². The highest BCUT2D eigenvalue weighted by Gasteiger charge is 2.38. The van der Waals surface area contributed by atoms with Gasteiger partial charge in [-0.15, -0.1) is 11.8 Å². The summed E-state index contributed by atoms with van der Waals surface area (Å²) in [6, 6.07) is 22.7. The molecule has 0 aromatic heterocycles. The highest BCUT2D eigenvalue weighted by molar-refractivity contribution is 7.98. The molecule has 0 saturated carbocycles. The average Bonchev–Trinajstić information content (AvgIpc) is 3.32. The maximum atomic E-state index is 13.8. The van der Waals surface area contributed by atoms with E-state index in [1.807, 2.05) is 50.4 Å². The highest BCUT2D eigenvalue weighted by atomic mass is 32.2. The maximum absolute atomic E-state index is 13.8. The van der Waals surface area contributed by atoms with Gasteiger partial charge in [-0.2, -0.15) is 0 Å². The molecular formula is C34H41NO4S. The predicted molar refractivity (Wildman–Crippen MR) is 162 cm³/mol. The number of ether oxygens (including phenoxy) is 2. The molecule has 5 nitrogen and oxygen atoms in total. The Bertz CT molecular complexity index is 1300. The molecule has 4 rings (SSSR count). The predicted octanol–water partition coefficient (Wildman–Crippen LogP) is 6.92. The summed E-state index contributed by atoms with van der Waals surface area (Å²) in [6.45, 7) is 12.0. The molecule has 1 aliphatic rings. The van der Waals surface area contributed by atoms with Gasteiger partial charge in [0.05, 0.1) is 6.61 Å². The van der Waals surface area contributed by atoms with Crippen molar-refractivity contribution in [3.63, 3.8) is 0 Å². The van der Waals surface area contributed by atoms with E-state index in [0.717, 1.165) is 47.6 Å². The van der Waals surface area contributed by atoms with E-state index in [-0.39, 0.29) is 23.6 Å². The van der Waals surface area contributed by atoms with E-state index in [0.29, 0.717) is 12.4 Å². The first kappa shape index (κ1) is 29.9. The topological polar surface area (TPSA) is 55.8 Å². The first-order valence-electron chi connectivity index (χ1n) is 14.0. The van der Waals surface area contributed by atoms with E-state index in [1.54, 1.807) is 32.5 Å². The molecule has 40 heavy (non-hydrogen) atoms. The molecule has 1 heterocycles. The Labute approximate surface area is 243 Å². The van der Waals surface area contributed by atoms with E-state index in [1.165, 1.54) is 11.1 Å². The van der Waals surface area contributed by atoms with Gasteiger partial charge in [0.1, 0.15) is 5.75 Å². The fraction of sp³-hybridized carbons (Fsp3) is 0.412. The number of carbonyl (C=O) groups excluding carboxylic acids is 2. The Morgan fingerprint density at radius 2 is 1.60 bits per heavy atom. The molecule has 0 aliphatic carbocycles. The molecule has 0 radical (unpaired) electrons. The lowest BCUT2D eigenvalue weighted by Crippen LogP contribution is -2.40. The van der Waals surface area contributed by atoms with Gasteiger partial charge >= 0.3 is 5.97 Å². The van der Waals surface area contributed by atoms with Crippen LogP contribution in [-0.4, -0.2) is 48.2 Å². The average molecular weight is 560 g/mol. The number of Topliss-reactive ketones (excluding diaryl/α,β-unsaturated/α-hetero) is 1. The number of aryl methyl sites for hydroxylation is 2. The van der Waals surface area contributed by atoms with Crippen LogP contribution >= 0.6 is 11.8 Å². The van der Waals surface area contributed by atoms with Gasteiger partial charge in [0.15, 0.2) is 11.4 Å². The normalized spacial score (nSPS) is 17.6. The summed E-state index contributed by atoms with van der Waals surface area (Å²) in [4.78, 5) is 29.8. The number of carbonyl (C=O) groups is 2. The second-order valence-corrected chi connectivity index (χ2v) is 12.1. The van der Waals surface area contributed by atoms with Crippen molar-refractivity contribution < 1.29 is 19.1 Å². The second-order valence-electron chi connectivity index (χ2n) is 11.2. The SMILES string of the molecule is CCOC(=O)C(C)(C)Oc1c(C)cc(C[C@@H]2CN(Cc3ccccc3)CC2C(=O)c2ccc(SC)cc2)cc1C. The van der Waals surface area contributed by atoms with Crippen LogP contribution in [0.2, 0.25) is 0 Å². The van der Waals surface area contributed by atoms with Crippen LogP contribution in [0.15, 0.2) is 71.6 Å². The maximum Gasteiger partial charge on any atom is 0.349 e. The molecule has 0 N–H and O–H groups in total. The Kier molecular flexibility index (Phi) is 9.75.